The van der Waals surface area contributed by atoms with Gasteiger partial charge in [-0.2, -0.15) is 0 Å². The van der Waals surface area contributed by atoms with Gasteiger partial charge in [0.05, 0.1) is 30.8 Å². The maximum atomic E-state index is 11.6. The molecule has 2 saturated heterocycles. The van der Waals surface area contributed by atoms with E-state index >= 15 is 0 Å². The Labute approximate surface area is 230 Å². The molecule has 4 saturated carbocycles. The van der Waals surface area contributed by atoms with Crippen molar-refractivity contribution in [3.8, 4) is 0 Å². The summed E-state index contributed by atoms with van der Waals surface area (Å²) in [5, 5.41) is 39.9. The fourth-order valence-electron chi connectivity index (χ4n) is 10.7. The smallest absolute Gasteiger partial charge is 0.303 e. The number of nitrogens with two attached hydrogens (primary N) is 2. The molecule has 2 bridgehead atoms. The zero-order valence-electron chi connectivity index (χ0n) is 23.3. The molecule has 0 unspecified atom stereocenters. The Balaban J connectivity index is 1.17. The third-order valence-corrected chi connectivity index (χ3v) is 12.8. The molecule has 8 N–H and O–H groups in total. The van der Waals surface area contributed by atoms with Crippen LogP contribution in [0.15, 0.2) is 0 Å². The molecule has 0 amide bonds. The van der Waals surface area contributed by atoms with Crippen LogP contribution in [0.5, 0.6) is 0 Å². The van der Waals surface area contributed by atoms with Crippen LogP contribution >= 0.6 is 0 Å². The summed E-state index contributed by atoms with van der Waals surface area (Å²) >= 11 is 0. The number of hydrogen-bond acceptors (Lipinski definition) is 9. The minimum absolute atomic E-state index is 0.0330. The third-order valence-electron chi connectivity index (χ3n) is 12.8. The number of carboxylic acids is 1. The monoisotopic (exact) mass is 552 g/mol. The topological polar surface area (TPSA) is 178 Å². The number of fused-ring (bicyclic) bond motifs is 3. The molecule has 0 aromatic heterocycles. The van der Waals surface area contributed by atoms with Crippen molar-refractivity contribution in [1.82, 2.24) is 0 Å². The lowest BCUT2D eigenvalue weighted by Gasteiger charge is -2.67. The molecular weight excluding hydrogens is 504 g/mol. The molecule has 4 aliphatic carbocycles. The molecule has 6 aliphatic rings. The lowest BCUT2D eigenvalue weighted by Crippen LogP contribution is -2.68. The van der Waals surface area contributed by atoms with Crippen LogP contribution in [0.2, 0.25) is 0 Å². The molecule has 0 aromatic carbocycles. The largest absolute Gasteiger partial charge is 0.481 e. The summed E-state index contributed by atoms with van der Waals surface area (Å²) in [5.41, 5.74) is 12.4. The predicted molar refractivity (Wildman–Crippen MR) is 140 cm³/mol. The highest BCUT2D eigenvalue weighted by Gasteiger charge is 2.72. The first kappa shape index (κ1) is 28.3. The molecule has 39 heavy (non-hydrogen) atoms. The predicted octanol–water partition coefficient (Wildman–Crippen LogP) is 1.33. The lowest BCUT2D eigenvalue weighted by molar-refractivity contribution is -0.303. The van der Waals surface area contributed by atoms with E-state index < -0.39 is 42.8 Å². The van der Waals surface area contributed by atoms with Crippen LogP contribution in [-0.4, -0.2) is 81.6 Å². The van der Waals surface area contributed by atoms with Crippen molar-refractivity contribution in [2.24, 2.45) is 51.9 Å². The molecule has 10 nitrogen and oxygen atoms in total. The standard InChI is InChI=1S/C29H48N2O8/c1-27-8-5-15(37-26-24(36)22(30)23(35)20(13-32)38-26)11-14(27)3-4-19-18(27)6-9-28(2)17-7-10-29(19,28)39-25(31)16(17)12-21(33)34/h14-20,22-26,32,35-36H,3-13,30-31H2,1-2H3,(H,33,34)/t14-,15+,16+,17-,18+,19-,20+,22-,23+,24+,25-,26+,27+,28-,29+/m1/s1. The molecule has 0 spiro atoms. The number of hydrogen-bond donors (Lipinski definition) is 6. The number of aliphatic carboxylic acids is 1. The van der Waals surface area contributed by atoms with E-state index in [1.165, 1.54) is 0 Å². The second-order valence-corrected chi connectivity index (χ2v) is 14.1. The number of ether oxygens (including phenoxy) is 3. The Morgan fingerprint density at radius 3 is 2.44 bits per heavy atom. The fourth-order valence-corrected chi connectivity index (χ4v) is 10.7. The maximum absolute atomic E-state index is 11.6. The van der Waals surface area contributed by atoms with Gasteiger partial charge in [-0.1, -0.05) is 13.8 Å². The highest BCUT2D eigenvalue weighted by atomic mass is 16.7. The molecule has 6 rings (SSSR count). The summed E-state index contributed by atoms with van der Waals surface area (Å²) in [6, 6.07) is -0.937. The van der Waals surface area contributed by atoms with Crippen molar-refractivity contribution in [2.75, 3.05) is 6.61 Å². The van der Waals surface area contributed by atoms with Crippen LogP contribution < -0.4 is 11.5 Å². The minimum Gasteiger partial charge on any atom is -0.481 e. The summed E-state index contributed by atoms with van der Waals surface area (Å²) < 4.78 is 18.8. The van der Waals surface area contributed by atoms with Gasteiger partial charge in [0.2, 0.25) is 0 Å². The lowest BCUT2D eigenvalue weighted by atomic mass is 9.42. The van der Waals surface area contributed by atoms with Crippen LogP contribution in [0.1, 0.15) is 78.1 Å². The normalized spacial score (nSPS) is 56.8. The van der Waals surface area contributed by atoms with Crippen LogP contribution in [0.3, 0.4) is 0 Å². The Morgan fingerprint density at radius 1 is 0.974 bits per heavy atom. The van der Waals surface area contributed by atoms with Crippen LogP contribution in [-0.2, 0) is 19.0 Å². The third kappa shape index (κ3) is 4.07. The molecule has 0 aromatic rings. The molecule has 10 heteroatoms. The van der Waals surface area contributed by atoms with Crippen molar-refractivity contribution in [1.29, 1.82) is 0 Å². The first-order valence-electron chi connectivity index (χ1n) is 15.1. The highest BCUT2D eigenvalue weighted by molar-refractivity contribution is 5.67. The van der Waals surface area contributed by atoms with Gasteiger partial charge in [-0.05, 0) is 86.9 Å². The highest BCUT2D eigenvalue weighted by Crippen LogP contribution is 2.73. The molecule has 6 fully saturated rings. The molecule has 2 heterocycles. The summed E-state index contributed by atoms with van der Waals surface area (Å²) in [5.74, 6) is 0.787. The SMILES string of the molecule is C[C@]12CC[C@H](O[C@H]3O[C@@H](CO)[C@H](O)[C@@H](N)[C@@H]3O)C[C@H]1CC[C@@H]1[C@@H]2CC[C@]2(C)[C@@H]3CC[C@]12O[C@@H](N)[C@H]3CC(=O)O. The number of aliphatic hydroxyl groups is 3. The van der Waals surface area contributed by atoms with E-state index in [2.05, 4.69) is 13.8 Å². The zero-order chi connectivity index (χ0) is 27.9. The van der Waals surface area contributed by atoms with Crippen molar-refractivity contribution >= 4 is 5.97 Å². The van der Waals surface area contributed by atoms with Gasteiger partial charge in [0.1, 0.15) is 24.5 Å². The van der Waals surface area contributed by atoms with Gasteiger partial charge in [-0.3, -0.25) is 4.79 Å². The second-order valence-electron chi connectivity index (χ2n) is 14.1. The molecule has 2 aliphatic heterocycles. The van der Waals surface area contributed by atoms with Gasteiger partial charge >= 0.3 is 5.97 Å². The summed E-state index contributed by atoms with van der Waals surface area (Å²) in [7, 11) is 0. The Kier molecular flexibility index (Phi) is 7.15. The van der Waals surface area contributed by atoms with Crippen LogP contribution in [0.25, 0.3) is 0 Å². The molecular formula is C29H48N2O8. The zero-order valence-corrected chi connectivity index (χ0v) is 23.3. The quantitative estimate of drug-likeness (QED) is 0.273. The number of aliphatic hydroxyl groups excluding tert-OH is 3. The van der Waals surface area contributed by atoms with E-state index in [1.54, 1.807) is 0 Å². The van der Waals surface area contributed by atoms with E-state index in [0.717, 1.165) is 57.8 Å². The summed E-state index contributed by atoms with van der Waals surface area (Å²) in [4.78, 5) is 11.6. The number of carboxylic acid groups (broad SMARTS) is 1. The van der Waals surface area contributed by atoms with Gasteiger partial charge in [0.25, 0.3) is 0 Å². The van der Waals surface area contributed by atoms with Crippen LogP contribution in [0.4, 0.5) is 0 Å². The first-order valence-corrected chi connectivity index (χ1v) is 15.1. The van der Waals surface area contributed by atoms with Crippen molar-refractivity contribution < 1.29 is 39.4 Å². The molecule has 0 radical (unpaired) electrons. The van der Waals surface area contributed by atoms with E-state index in [0.29, 0.717) is 23.7 Å². The van der Waals surface area contributed by atoms with Gasteiger partial charge in [0, 0.05) is 11.3 Å². The Morgan fingerprint density at radius 2 is 1.72 bits per heavy atom. The summed E-state index contributed by atoms with van der Waals surface area (Å²) in [6.07, 6.45) is 4.36. The van der Waals surface area contributed by atoms with Crippen molar-refractivity contribution in [3.63, 3.8) is 0 Å². The fraction of sp³-hybridized carbons (Fsp3) is 0.966. The molecule has 222 valence electrons. The van der Waals surface area contributed by atoms with Gasteiger partial charge < -0.3 is 46.1 Å². The van der Waals surface area contributed by atoms with Gasteiger partial charge in [0.15, 0.2) is 6.29 Å². The average Bonchev–Trinajstić information content (AvgIpc) is 3.10. The minimum atomic E-state index is -1.16. The van der Waals surface area contributed by atoms with Gasteiger partial charge in [-0.25, -0.2) is 0 Å². The van der Waals surface area contributed by atoms with E-state index in [-0.39, 0.29) is 41.5 Å². The number of carbonyl (C=O) groups is 1. The Hall–Kier alpha value is -0.850. The van der Waals surface area contributed by atoms with E-state index in [1.807, 2.05) is 0 Å². The number of rotatable bonds is 5. The van der Waals surface area contributed by atoms with Crippen molar-refractivity contribution in [2.45, 2.75) is 127 Å². The van der Waals surface area contributed by atoms with Gasteiger partial charge in [-0.15, -0.1) is 0 Å². The van der Waals surface area contributed by atoms with Crippen LogP contribution in [0, 0.1) is 40.4 Å². The summed E-state index contributed by atoms with van der Waals surface area (Å²) in [6.45, 7) is 4.42. The maximum Gasteiger partial charge on any atom is 0.303 e. The molecule has 15 atom stereocenters. The van der Waals surface area contributed by atoms with E-state index in [9.17, 15) is 25.2 Å². The second kappa shape index (κ2) is 9.87. The van der Waals surface area contributed by atoms with Crippen molar-refractivity contribution in [3.05, 3.63) is 0 Å². The Bertz CT molecular complexity index is 952. The average molecular weight is 553 g/mol. The van der Waals surface area contributed by atoms with E-state index in [4.69, 9.17) is 25.7 Å². The first-order chi connectivity index (χ1) is 18.4.